The first-order valence-electron chi connectivity index (χ1n) is 7.19. The van der Waals surface area contributed by atoms with E-state index in [0.29, 0.717) is 19.3 Å². The molecule has 0 aliphatic heterocycles. The van der Waals surface area contributed by atoms with Crippen LogP contribution in [0.2, 0.25) is 0 Å². The minimum absolute atomic E-state index is 0.0648. The SMILES string of the molecule is O=C(CCCCCc1cccs1)NC1CC(C(=O)O)C1. The summed E-state index contributed by atoms with van der Waals surface area (Å²) in [6, 6.07) is 4.29. The molecule has 1 heterocycles. The molecule has 0 spiro atoms. The molecule has 0 radical (unpaired) electrons. The quantitative estimate of drug-likeness (QED) is 0.725. The summed E-state index contributed by atoms with van der Waals surface area (Å²) < 4.78 is 0. The van der Waals surface area contributed by atoms with E-state index in [0.717, 1.165) is 25.7 Å². The zero-order chi connectivity index (χ0) is 14.4. The van der Waals surface area contributed by atoms with Crippen LogP contribution in [0.4, 0.5) is 0 Å². The van der Waals surface area contributed by atoms with E-state index < -0.39 is 5.97 Å². The fraction of sp³-hybridized carbons (Fsp3) is 0.600. The standard InChI is InChI=1S/C15H21NO3S/c17-14(16-12-9-11(10-12)15(18)19)7-3-1-2-5-13-6-4-8-20-13/h4,6,8,11-12H,1-3,5,7,9-10H2,(H,16,17)(H,18,19). The minimum Gasteiger partial charge on any atom is -0.481 e. The second-order valence-electron chi connectivity index (χ2n) is 5.41. The number of carboxylic acids is 1. The molecule has 110 valence electrons. The number of carboxylic acid groups (broad SMARTS) is 1. The third-order valence-corrected chi connectivity index (χ3v) is 4.70. The number of carbonyl (C=O) groups excluding carboxylic acids is 1. The van der Waals surface area contributed by atoms with Gasteiger partial charge in [-0.05, 0) is 43.6 Å². The highest BCUT2D eigenvalue weighted by Gasteiger charge is 2.34. The van der Waals surface area contributed by atoms with Crippen molar-refractivity contribution in [1.29, 1.82) is 0 Å². The van der Waals surface area contributed by atoms with Gasteiger partial charge in [-0.15, -0.1) is 11.3 Å². The highest BCUT2D eigenvalue weighted by Crippen LogP contribution is 2.27. The Labute approximate surface area is 123 Å². The molecule has 0 atom stereocenters. The Morgan fingerprint density at radius 3 is 2.75 bits per heavy atom. The lowest BCUT2D eigenvalue weighted by Gasteiger charge is -2.32. The van der Waals surface area contributed by atoms with Gasteiger partial charge in [0.15, 0.2) is 0 Å². The van der Waals surface area contributed by atoms with Crippen molar-refractivity contribution in [2.45, 2.75) is 51.0 Å². The van der Waals surface area contributed by atoms with Crippen molar-refractivity contribution in [3.05, 3.63) is 22.4 Å². The normalized spacial score (nSPS) is 21.2. The van der Waals surface area contributed by atoms with E-state index in [9.17, 15) is 9.59 Å². The maximum absolute atomic E-state index is 11.7. The van der Waals surface area contributed by atoms with E-state index in [4.69, 9.17) is 5.11 Å². The maximum Gasteiger partial charge on any atom is 0.306 e. The van der Waals surface area contributed by atoms with Gasteiger partial charge >= 0.3 is 5.97 Å². The zero-order valence-corrected chi connectivity index (χ0v) is 12.3. The molecule has 1 fully saturated rings. The molecule has 0 saturated heterocycles. The first-order valence-corrected chi connectivity index (χ1v) is 8.07. The van der Waals surface area contributed by atoms with Crippen molar-refractivity contribution in [3.63, 3.8) is 0 Å². The van der Waals surface area contributed by atoms with Crippen LogP contribution in [0.15, 0.2) is 17.5 Å². The van der Waals surface area contributed by atoms with Crippen molar-refractivity contribution in [3.8, 4) is 0 Å². The van der Waals surface area contributed by atoms with Gasteiger partial charge in [0.2, 0.25) is 5.91 Å². The summed E-state index contributed by atoms with van der Waals surface area (Å²) in [6.45, 7) is 0. The van der Waals surface area contributed by atoms with E-state index in [1.54, 1.807) is 11.3 Å². The first-order chi connectivity index (χ1) is 9.65. The van der Waals surface area contributed by atoms with Crippen molar-refractivity contribution in [2.24, 2.45) is 5.92 Å². The zero-order valence-electron chi connectivity index (χ0n) is 11.5. The van der Waals surface area contributed by atoms with Gasteiger partial charge in [-0.1, -0.05) is 12.5 Å². The van der Waals surface area contributed by atoms with E-state index in [1.807, 2.05) is 0 Å². The summed E-state index contributed by atoms with van der Waals surface area (Å²) in [7, 11) is 0. The predicted octanol–water partition coefficient (Wildman–Crippen LogP) is 2.83. The topological polar surface area (TPSA) is 66.4 Å². The van der Waals surface area contributed by atoms with Crippen LogP contribution in [0.5, 0.6) is 0 Å². The number of hydrogen-bond acceptors (Lipinski definition) is 3. The van der Waals surface area contributed by atoms with Gasteiger partial charge in [0.1, 0.15) is 0 Å². The van der Waals surface area contributed by atoms with Crippen LogP contribution in [-0.4, -0.2) is 23.0 Å². The molecule has 5 heteroatoms. The number of aliphatic carboxylic acids is 1. The Morgan fingerprint density at radius 2 is 2.10 bits per heavy atom. The van der Waals surface area contributed by atoms with Gasteiger partial charge in [-0.2, -0.15) is 0 Å². The molecule has 0 aromatic carbocycles. The number of nitrogens with one attached hydrogen (secondary N) is 1. The predicted molar refractivity (Wildman–Crippen MR) is 78.8 cm³/mol. The third kappa shape index (κ3) is 4.63. The van der Waals surface area contributed by atoms with Gasteiger partial charge < -0.3 is 10.4 Å². The lowest BCUT2D eigenvalue weighted by molar-refractivity contribution is -0.146. The Balaban J connectivity index is 1.48. The van der Waals surface area contributed by atoms with Crippen molar-refractivity contribution < 1.29 is 14.7 Å². The van der Waals surface area contributed by atoms with Crippen LogP contribution >= 0.6 is 11.3 Å². The maximum atomic E-state index is 11.7. The van der Waals surface area contributed by atoms with E-state index in [1.165, 1.54) is 4.88 Å². The van der Waals surface area contributed by atoms with Crippen LogP contribution < -0.4 is 5.32 Å². The summed E-state index contributed by atoms with van der Waals surface area (Å²) in [4.78, 5) is 23.7. The first kappa shape index (κ1) is 15.0. The summed E-state index contributed by atoms with van der Waals surface area (Å²) in [5.41, 5.74) is 0. The van der Waals surface area contributed by atoms with E-state index in [-0.39, 0.29) is 17.9 Å². The van der Waals surface area contributed by atoms with Crippen LogP contribution in [0.1, 0.15) is 43.4 Å². The van der Waals surface area contributed by atoms with Gasteiger partial charge in [-0.25, -0.2) is 0 Å². The van der Waals surface area contributed by atoms with Gasteiger partial charge in [0.05, 0.1) is 5.92 Å². The summed E-state index contributed by atoms with van der Waals surface area (Å²) in [5.74, 6) is -0.940. The number of carbonyl (C=O) groups is 2. The number of hydrogen-bond donors (Lipinski definition) is 2. The van der Waals surface area contributed by atoms with Gasteiger partial charge in [-0.3, -0.25) is 9.59 Å². The van der Waals surface area contributed by atoms with Crippen LogP contribution in [0.25, 0.3) is 0 Å². The van der Waals surface area contributed by atoms with Crippen molar-refractivity contribution >= 4 is 23.2 Å². The molecule has 0 bridgehead atoms. The van der Waals surface area contributed by atoms with Gasteiger partial charge in [0.25, 0.3) is 0 Å². The molecule has 0 unspecified atom stereocenters. The molecule has 2 rings (SSSR count). The molecular weight excluding hydrogens is 274 g/mol. The highest BCUT2D eigenvalue weighted by atomic mass is 32.1. The second kappa shape index (κ2) is 7.43. The molecule has 2 N–H and O–H groups in total. The lowest BCUT2D eigenvalue weighted by Crippen LogP contribution is -2.46. The number of thiophene rings is 1. The molecule has 1 amide bonds. The average Bonchev–Trinajstić information content (AvgIpc) is 2.85. The lowest BCUT2D eigenvalue weighted by atomic mass is 9.80. The molecule has 1 aliphatic carbocycles. The molecule has 1 saturated carbocycles. The summed E-state index contributed by atoms with van der Waals surface area (Å²) in [5, 5.41) is 13.7. The summed E-state index contributed by atoms with van der Waals surface area (Å²) in [6.07, 6.45) is 5.91. The fourth-order valence-electron chi connectivity index (χ4n) is 2.45. The molecule has 4 nitrogen and oxygen atoms in total. The molecule has 1 aromatic heterocycles. The fourth-order valence-corrected chi connectivity index (χ4v) is 3.20. The molecule has 1 aliphatic rings. The van der Waals surface area contributed by atoms with Gasteiger partial charge in [0, 0.05) is 17.3 Å². The Kier molecular flexibility index (Phi) is 5.59. The highest BCUT2D eigenvalue weighted by molar-refractivity contribution is 7.09. The van der Waals surface area contributed by atoms with Crippen LogP contribution in [-0.2, 0) is 16.0 Å². The van der Waals surface area contributed by atoms with Crippen molar-refractivity contribution in [1.82, 2.24) is 5.32 Å². The Morgan fingerprint density at radius 1 is 1.30 bits per heavy atom. The number of rotatable bonds is 8. The largest absolute Gasteiger partial charge is 0.481 e. The Hall–Kier alpha value is -1.36. The monoisotopic (exact) mass is 295 g/mol. The number of unbranched alkanes of at least 4 members (excludes halogenated alkanes) is 2. The summed E-state index contributed by atoms with van der Waals surface area (Å²) >= 11 is 1.78. The van der Waals surface area contributed by atoms with E-state index >= 15 is 0 Å². The number of amides is 1. The minimum atomic E-state index is -0.746. The van der Waals surface area contributed by atoms with E-state index in [2.05, 4.69) is 22.8 Å². The molecular formula is C15H21NO3S. The van der Waals surface area contributed by atoms with Crippen LogP contribution in [0.3, 0.4) is 0 Å². The molecule has 1 aromatic rings. The average molecular weight is 295 g/mol. The smallest absolute Gasteiger partial charge is 0.306 e. The molecule has 20 heavy (non-hydrogen) atoms. The van der Waals surface area contributed by atoms with Crippen molar-refractivity contribution in [2.75, 3.05) is 0 Å². The third-order valence-electron chi connectivity index (χ3n) is 3.76. The van der Waals surface area contributed by atoms with Crippen LogP contribution in [0, 0.1) is 5.92 Å². The number of aryl methyl sites for hydroxylation is 1. The second-order valence-corrected chi connectivity index (χ2v) is 6.44. The Bertz CT molecular complexity index is 438.